The van der Waals surface area contributed by atoms with Gasteiger partial charge in [-0.3, -0.25) is 0 Å². The standard InChI is InChI=1S/C53H40/c1-2-8-37-27-38(22-15-32(37)7-1)33-13-20-36(21-14-33)51-44-10-5-6-11-45(44)53(42-28-41-9-3-4-12-46-50(31-42)52(41)46)47-26-24-40(30-49(47)51)39-23-25-43(34-16-17-34)48(29-39)35-18-19-35/h1-15,20-31,34-35,46,50,52H,16-19H2. The predicted molar refractivity (Wildman–Crippen MR) is 224 cm³/mol. The molecule has 0 aromatic heterocycles. The molecule has 0 spiro atoms. The number of rotatable bonds is 6. The highest BCUT2D eigenvalue weighted by Gasteiger charge is 2.50. The lowest BCUT2D eigenvalue weighted by atomic mass is 9.82. The van der Waals surface area contributed by atoms with E-state index in [1.54, 1.807) is 11.1 Å². The van der Waals surface area contributed by atoms with Crippen molar-refractivity contribution in [3.8, 4) is 33.4 Å². The molecule has 0 saturated heterocycles. The van der Waals surface area contributed by atoms with Crippen molar-refractivity contribution in [3.05, 3.63) is 186 Å². The van der Waals surface area contributed by atoms with Crippen LogP contribution in [0.2, 0.25) is 0 Å². The van der Waals surface area contributed by atoms with Crippen LogP contribution in [0.5, 0.6) is 0 Å². The van der Waals surface area contributed by atoms with Crippen molar-refractivity contribution < 1.29 is 0 Å². The molecule has 7 aromatic rings. The molecule has 0 heteroatoms. The van der Waals surface area contributed by atoms with Crippen molar-refractivity contribution in [1.82, 2.24) is 0 Å². The molecule has 53 heavy (non-hydrogen) atoms. The zero-order valence-electron chi connectivity index (χ0n) is 29.8. The summed E-state index contributed by atoms with van der Waals surface area (Å²) in [5, 5.41) is 7.88. The van der Waals surface area contributed by atoms with Crippen LogP contribution in [0.3, 0.4) is 0 Å². The van der Waals surface area contributed by atoms with Crippen molar-refractivity contribution >= 4 is 37.9 Å². The molecule has 7 aromatic carbocycles. The molecule has 0 N–H and O–H groups in total. The Bertz CT molecular complexity index is 2790. The predicted octanol–water partition coefficient (Wildman–Crippen LogP) is 14.2. The van der Waals surface area contributed by atoms with E-state index >= 15 is 0 Å². The minimum atomic E-state index is 0.590. The average Bonchev–Trinajstić information content (AvgIpc) is 4.07. The molecule has 0 bridgehead atoms. The zero-order chi connectivity index (χ0) is 34.6. The molecule has 0 aliphatic heterocycles. The molecule has 0 nitrogen and oxygen atoms in total. The zero-order valence-corrected chi connectivity index (χ0v) is 29.8. The number of benzene rings is 7. The Morgan fingerprint density at radius 3 is 1.91 bits per heavy atom. The number of hydrogen-bond acceptors (Lipinski definition) is 0. The normalized spacial score (nSPS) is 21.4. The molecule has 5 aliphatic carbocycles. The molecule has 12 rings (SSSR count). The minimum absolute atomic E-state index is 0.590. The monoisotopic (exact) mass is 676 g/mol. The maximum Gasteiger partial charge on any atom is -0.00237 e. The van der Waals surface area contributed by atoms with Gasteiger partial charge in [-0.05, 0) is 161 Å². The Morgan fingerprint density at radius 2 is 1.08 bits per heavy atom. The van der Waals surface area contributed by atoms with Gasteiger partial charge in [-0.1, -0.05) is 152 Å². The lowest BCUT2D eigenvalue weighted by molar-refractivity contribution is 0.937. The fourth-order valence-electron chi connectivity index (χ4n) is 9.92. The third-order valence-electron chi connectivity index (χ3n) is 13.0. The summed E-state index contributed by atoms with van der Waals surface area (Å²) >= 11 is 0. The topological polar surface area (TPSA) is 0 Å². The average molecular weight is 677 g/mol. The molecule has 3 atom stereocenters. The van der Waals surface area contributed by atoms with Crippen LogP contribution in [-0.2, 0) is 0 Å². The van der Waals surface area contributed by atoms with Crippen LogP contribution in [0.1, 0.15) is 54.2 Å². The van der Waals surface area contributed by atoms with Gasteiger partial charge in [-0.15, -0.1) is 0 Å². The summed E-state index contributed by atoms with van der Waals surface area (Å²) < 4.78 is 0. The first kappa shape index (κ1) is 29.8. The van der Waals surface area contributed by atoms with Crippen LogP contribution in [0, 0.1) is 17.8 Å². The minimum Gasteiger partial charge on any atom is -0.0802 e. The van der Waals surface area contributed by atoms with E-state index in [9.17, 15) is 0 Å². The highest BCUT2D eigenvalue weighted by molar-refractivity contribution is 6.20. The summed E-state index contributed by atoms with van der Waals surface area (Å²) in [6.07, 6.45) is 19.7. The quantitative estimate of drug-likeness (QED) is 0.154. The molecule has 3 fully saturated rings. The Morgan fingerprint density at radius 1 is 0.434 bits per heavy atom. The lowest BCUT2D eigenvalue weighted by Crippen LogP contribution is -1.98. The van der Waals surface area contributed by atoms with Crippen molar-refractivity contribution in [2.45, 2.75) is 37.5 Å². The van der Waals surface area contributed by atoms with E-state index in [4.69, 9.17) is 0 Å². The van der Waals surface area contributed by atoms with E-state index in [-0.39, 0.29) is 0 Å². The molecule has 252 valence electrons. The summed E-state index contributed by atoms with van der Waals surface area (Å²) in [5.74, 6) is 3.39. The molecular weight excluding hydrogens is 637 g/mol. The molecule has 5 aliphatic rings. The van der Waals surface area contributed by atoms with Gasteiger partial charge in [0.05, 0.1) is 0 Å². The fourth-order valence-corrected chi connectivity index (χ4v) is 9.92. The Labute approximate surface area is 311 Å². The van der Waals surface area contributed by atoms with Crippen molar-refractivity contribution in [3.63, 3.8) is 0 Å². The second-order valence-corrected chi connectivity index (χ2v) is 16.3. The van der Waals surface area contributed by atoms with Gasteiger partial charge < -0.3 is 0 Å². The summed E-state index contributed by atoms with van der Waals surface area (Å²) in [5.41, 5.74) is 15.2. The maximum absolute atomic E-state index is 2.59. The highest BCUT2D eigenvalue weighted by atomic mass is 14.5. The molecule has 0 radical (unpaired) electrons. The van der Waals surface area contributed by atoms with Gasteiger partial charge in [0.25, 0.3) is 0 Å². The van der Waals surface area contributed by atoms with Gasteiger partial charge in [-0.2, -0.15) is 0 Å². The van der Waals surface area contributed by atoms with Crippen LogP contribution in [-0.4, -0.2) is 0 Å². The Balaban J connectivity index is 1.07. The summed E-state index contributed by atoms with van der Waals surface area (Å²) in [7, 11) is 0. The smallest absolute Gasteiger partial charge is 0.00237 e. The van der Waals surface area contributed by atoms with Crippen LogP contribution >= 0.6 is 0 Å². The van der Waals surface area contributed by atoms with E-state index in [0.717, 1.165) is 11.8 Å². The van der Waals surface area contributed by atoms with E-state index in [1.165, 1.54) is 108 Å². The van der Waals surface area contributed by atoms with Gasteiger partial charge in [0.15, 0.2) is 0 Å². The van der Waals surface area contributed by atoms with Gasteiger partial charge in [-0.25, -0.2) is 0 Å². The number of fused-ring (bicyclic) bond motifs is 4. The Hall–Kier alpha value is -5.72. The summed E-state index contributed by atoms with van der Waals surface area (Å²) in [4.78, 5) is 0. The molecular formula is C53H40. The van der Waals surface area contributed by atoms with Gasteiger partial charge >= 0.3 is 0 Å². The third-order valence-corrected chi connectivity index (χ3v) is 13.0. The largest absolute Gasteiger partial charge is 0.0802 e. The number of allylic oxidation sites excluding steroid dienone is 8. The SMILES string of the molecule is C1=CC2=CC(c3c4ccccc4c(-c4ccc(-c5ccc6ccccc6c5)cc4)c4cc(-c5ccc(C6CC6)c(C6CC6)c5)ccc34)=CC3C(C=C1)C23. The van der Waals surface area contributed by atoms with Gasteiger partial charge in [0, 0.05) is 0 Å². The second-order valence-electron chi connectivity index (χ2n) is 16.3. The number of hydrogen-bond donors (Lipinski definition) is 0. The first-order valence-corrected chi connectivity index (χ1v) is 19.8. The van der Waals surface area contributed by atoms with Crippen LogP contribution < -0.4 is 0 Å². The van der Waals surface area contributed by atoms with Gasteiger partial charge in [0.1, 0.15) is 0 Å². The van der Waals surface area contributed by atoms with E-state index < -0.39 is 0 Å². The lowest BCUT2D eigenvalue weighted by Gasteiger charge is -2.21. The van der Waals surface area contributed by atoms with Crippen molar-refractivity contribution in [1.29, 1.82) is 0 Å². The van der Waals surface area contributed by atoms with E-state index in [0.29, 0.717) is 17.8 Å². The molecule has 0 amide bonds. The third kappa shape index (κ3) is 4.89. The molecule has 0 heterocycles. The van der Waals surface area contributed by atoms with Crippen molar-refractivity contribution in [2.24, 2.45) is 17.8 Å². The fraction of sp³-hybridized carbons (Fsp3) is 0.170. The molecule has 3 saturated carbocycles. The van der Waals surface area contributed by atoms with Gasteiger partial charge in [0.2, 0.25) is 0 Å². The first-order chi connectivity index (χ1) is 26.2. The van der Waals surface area contributed by atoms with Crippen LogP contribution in [0.4, 0.5) is 0 Å². The first-order valence-electron chi connectivity index (χ1n) is 19.8. The van der Waals surface area contributed by atoms with Crippen LogP contribution in [0.15, 0.2) is 169 Å². The van der Waals surface area contributed by atoms with Crippen molar-refractivity contribution in [2.75, 3.05) is 0 Å². The Kier molecular flexibility index (Phi) is 6.41. The maximum atomic E-state index is 2.59. The second kappa shape index (κ2) is 11.4. The van der Waals surface area contributed by atoms with E-state index in [1.807, 2.05) is 0 Å². The summed E-state index contributed by atoms with van der Waals surface area (Å²) in [6.45, 7) is 0. The molecule has 3 unspecified atom stereocenters. The van der Waals surface area contributed by atoms with Crippen LogP contribution in [0.25, 0.3) is 71.3 Å². The summed E-state index contributed by atoms with van der Waals surface area (Å²) in [6, 6.07) is 48.8. The highest BCUT2D eigenvalue weighted by Crippen LogP contribution is 2.59. The van der Waals surface area contributed by atoms with E-state index in [2.05, 4.69) is 164 Å².